The summed E-state index contributed by atoms with van der Waals surface area (Å²) >= 11 is 0. The van der Waals surface area contributed by atoms with Crippen LogP contribution in [0.3, 0.4) is 0 Å². The third-order valence-corrected chi connectivity index (χ3v) is 4.15. The zero-order chi connectivity index (χ0) is 15.5. The first-order valence-corrected chi connectivity index (χ1v) is 7.10. The Morgan fingerprint density at radius 1 is 1.48 bits per heavy atom. The fourth-order valence-corrected chi connectivity index (χ4v) is 3.00. The molecular formula is C15H20FN3O2. The van der Waals surface area contributed by atoms with Crippen LogP contribution in [-0.4, -0.2) is 23.5 Å². The zero-order valence-electron chi connectivity index (χ0n) is 12.1. The van der Waals surface area contributed by atoms with Gasteiger partial charge in [0.15, 0.2) is 5.84 Å². The second kappa shape index (κ2) is 6.11. The molecule has 1 saturated carbocycles. The minimum Gasteiger partial charge on any atom is -0.409 e. The van der Waals surface area contributed by atoms with Gasteiger partial charge >= 0.3 is 0 Å². The Balaban J connectivity index is 2.39. The van der Waals surface area contributed by atoms with Gasteiger partial charge in [0.25, 0.3) is 0 Å². The maximum absolute atomic E-state index is 13.4. The van der Waals surface area contributed by atoms with Gasteiger partial charge < -0.3 is 15.8 Å². The average Bonchev–Trinajstić information content (AvgIpc) is 2.98. The molecule has 2 rings (SSSR count). The monoisotopic (exact) mass is 293 g/mol. The number of nitrogens with two attached hydrogens (primary N) is 1. The van der Waals surface area contributed by atoms with Crippen LogP contribution in [0.2, 0.25) is 0 Å². The van der Waals surface area contributed by atoms with Crippen molar-refractivity contribution >= 4 is 17.4 Å². The van der Waals surface area contributed by atoms with Gasteiger partial charge in [0.1, 0.15) is 11.2 Å². The Hall–Kier alpha value is -2.11. The molecule has 0 radical (unpaired) electrons. The van der Waals surface area contributed by atoms with E-state index in [-0.39, 0.29) is 11.7 Å². The summed E-state index contributed by atoms with van der Waals surface area (Å²) in [6.45, 7) is 2.21. The number of nitrogens with zero attached hydrogens (tertiary/aromatic N) is 2. The fraction of sp³-hybridized carbons (Fsp3) is 0.467. The smallest absolute Gasteiger partial charge is 0.240 e. The number of oxime groups is 1. The van der Waals surface area contributed by atoms with Gasteiger partial charge in [-0.2, -0.15) is 0 Å². The molecule has 0 saturated heterocycles. The highest BCUT2D eigenvalue weighted by Crippen LogP contribution is 2.41. The van der Waals surface area contributed by atoms with Crippen LogP contribution in [-0.2, 0) is 4.79 Å². The van der Waals surface area contributed by atoms with Gasteiger partial charge in [-0.3, -0.25) is 4.79 Å². The van der Waals surface area contributed by atoms with Gasteiger partial charge in [0.2, 0.25) is 5.91 Å². The third kappa shape index (κ3) is 2.70. The van der Waals surface area contributed by atoms with Gasteiger partial charge in [-0.15, -0.1) is 0 Å². The van der Waals surface area contributed by atoms with E-state index in [1.165, 1.54) is 17.0 Å². The highest BCUT2D eigenvalue weighted by Gasteiger charge is 2.47. The van der Waals surface area contributed by atoms with Crippen molar-refractivity contribution in [1.29, 1.82) is 0 Å². The number of hydrogen-bond donors (Lipinski definition) is 2. The van der Waals surface area contributed by atoms with Crippen LogP contribution in [0.15, 0.2) is 29.4 Å². The van der Waals surface area contributed by atoms with Crippen LogP contribution in [0.1, 0.15) is 32.6 Å². The van der Waals surface area contributed by atoms with Gasteiger partial charge in [0.05, 0.1) is 0 Å². The normalized spacial score (nSPS) is 17.7. The highest BCUT2D eigenvalue weighted by molar-refractivity contribution is 6.13. The van der Waals surface area contributed by atoms with E-state index in [9.17, 15) is 9.18 Å². The second-order valence-electron chi connectivity index (χ2n) is 5.30. The molecule has 5 nitrogen and oxygen atoms in total. The van der Waals surface area contributed by atoms with E-state index in [0.717, 1.165) is 12.8 Å². The van der Waals surface area contributed by atoms with Crippen molar-refractivity contribution in [2.45, 2.75) is 32.6 Å². The lowest BCUT2D eigenvalue weighted by Gasteiger charge is -2.32. The summed E-state index contributed by atoms with van der Waals surface area (Å²) in [6.07, 6.45) is 2.80. The number of carbonyl (C=O) groups excluding carboxylic acids is 1. The van der Waals surface area contributed by atoms with Crippen molar-refractivity contribution in [1.82, 2.24) is 0 Å². The van der Waals surface area contributed by atoms with Crippen LogP contribution < -0.4 is 10.6 Å². The molecule has 114 valence electrons. The number of benzene rings is 1. The van der Waals surface area contributed by atoms with Gasteiger partial charge in [-0.25, -0.2) is 4.39 Å². The molecule has 1 amide bonds. The minimum absolute atomic E-state index is 0.0557. The maximum Gasteiger partial charge on any atom is 0.240 e. The van der Waals surface area contributed by atoms with Crippen LogP contribution in [0.5, 0.6) is 0 Å². The van der Waals surface area contributed by atoms with Crippen molar-refractivity contribution in [3.63, 3.8) is 0 Å². The summed E-state index contributed by atoms with van der Waals surface area (Å²) < 4.78 is 13.4. The standard InChI is InChI=1S/C15H20FN3O2/c1-2-19(12-7-5-6-11(16)10-12)14(20)15(13(17)18-21)8-3-4-9-15/h5-7,10,21H,2-4,8-9H2,1H3,(H2,17,18). The molecule has 6 heteroatoms. The predicted molar refractivity (Wildman–Crippen MR) is 78.7 cm³/mol. The van der Waals surface area contributed by atoms with E-state index in [0.29, 0.717) is 25.1 Å². The van der Waals surface area contributed by atoms with Crippen molar-refractivity contribution in [3.8, 4) is 0 Å². The Morgan fingerprint density at radius 2 is 2.14 bits per heavy atom. The molecule has 0 atom stereocenters. The summed E-state index contributed by atoms with van der Waals surface area (Å²) in [6, 6.07) is 5.89. The molecule has 0 bridgehead atoms. The molecule has 1 fully saturated rings. The number of rotatable bonds is 4. The van der Waals surface area contributed by atoms with E-state index in [4.69, 9.17) is 10.9 Å². The number of amides is 1. The van der Waals surface area contributed by atoms with Crippen molar-refractivity contribution in [3.05, 3.63) is 30.1 Å². The van der Waals surface area contributed by atoms with Crippen LogP contribution in [0, 0.1) is 11.2 Å². The first kappa shape index (κ1) is 15.3. The second-order valence-corrected chi connectivity index (χ2v) is 5.30. The predicted octanol–water partition coefficient (Wildman–Crippen LogP) is 2.49. The Labute approximate surface area is 123 Å². The molecule has 1 aromatic rings. The molecule has 1 aliphatic carbocycles. The lowest BCUT2D eigenvalue weighted by atomic mass is 9.83. The topological polar surface area (TPSA) is 78.9 Å². The van der Waals surface area contributed by atoms with Crippen molar-refractivity contribution in [2.75, 3.05) is 11.4 Å². The van der Waals surface area contributed by atoms with E-state index >= 15 is 0 Å². The third-order valence-electron chi connectivity index (χ3n) is 4.15. The Kier molecular flexibility index (Phi) is 4.45. The molecule has 1 aromatic carbocycles. The van der Waals surface area contributed by atoms with E-state index in [1.54, 1.807) is 12.1 Å². The van der Waals surface area contributed by atoms with Crippen LogP contribution in [0.25, 0.3) is 0 Å². The number of amidine groups is 1. The molecule has 0 spiro atoms. The first-order valence-electron chi connectivity index (χ1n) is 7.10. The summed E-state index contributed by atoms with van der Waals surface area (Å²) in [5, 5.41) is 12.1. The molecule has 0 unspecified atom stereocenters. The largest absolute Gasteiger partial charge is 0.409 e. The van der Waals surface area contributed by atoms with Crippen molar-refractivity contribution in [2.24, 2.45) is 16.3 Å². The highest BCUT2D eigenvalue weighted by atomic mass is 19.1. The number of anilines is 1. The molecule has 21 heavy (non-hydrogen) atoms. The molecule has 0 heterocycles. The summed E-state index contributed by atoms with van der Waals surface area (Å²) in [5.74, 6) is -0.689. The SMILES string of the molecule is CCN(C(=O)C1(C(N)=NO)CCCC1)c1cccc(F)c1. The first-order chi connectivity index (χ1) is 10.0. The van der Waals surface area contributed by atoms with Gasteiger partial charge in [-0.05, 0) is 38.0 Å². The van der Waals surface area contributed by atoms with E-state index in [1.807, 2.05) is 6.92 Å². The molecule has 3 N–H and O–H groups in total. The summed E-state index contributed by atoms with van der Waals surface area (Å²) in [7, 11) is 0. The van der Waals surface area contributed by atoms with Crippen molar-refractivity contribution < 1.29 is 14.4 Å². The zero-order valence-corrected chi connectivity index (χ0v) is 12.1. The lowest BCUT2D eigenvalue weighted by molar-refractivity contribution is -0.124. The van der Waals surface area contributed by atoms with Gasteiger partial charge in [0, 0.05) is 12.2 Å². The fourth-order valence-electron chi connectivity index (χ4n) is 3.00. The number of hydrogen-bond acceptors (Lipinski definition) is 3. The Bertz CT molecular complexity index is 554. The molecule has 0 aliphatic heterocycles. The van der Waals surface area contributed by atoms with Gasteiger partial charge in [-0.1, -0.05) is 24.1 Å². The molecular weight excluding hydrogens is 273 g/mol. The Morgan fingerprint density at radius 3 is 2.67 bits per heavy atom. The molecule has 1 aliphatic rings. The number of carbonyl (C=O) groups is 1. The van der Waals surface area contributed by atoms with E-state index in [2.05, 4.69) is 5.16 Å². The summed E-state index contributed by atoms with van der Waals surface area (Å²) in [5.41, 5.74) is 5.30. The molecule has 0 aromatic heterocycles. The average molecular weight is 293 g/mol. The number of halogens is 1. The lowest BCUT2D eigenvalue weighted by Crippen LogP contribution is -2.50. The van der Waals surface area contributed by atoms with E-state index < -0.39 is 11.2 Å². The maximum atomic E-state index is 13.4. The van der Waals surface area contributed by atoms with Crippen LogP contribution in [0.4, 0.5) is 10.1 Å². The van der Waals surface area contributed by atoms with Crippen LogP contribution >= 0.6 is 0 Å². The minimum atomic E-state index is -0.975. The summed E-state index contributed by atoms with van der Waals surface area (Å²) in [4.78, 5) is 14.4. The quantitative estimate of drug-likeness (QED) is 0.387.